The molecule has 0 bridgehead atoms. The quantitative estimate of drug-likeness (QED) is 0.504. The smallest absolute Gasteiger partial charge is 0.272 e. The molecule has 1 amide bonds. The van der Waals surface area contributed by atoms with Crippen molar-refractivity contribution in [3.8, 4) is 0 Å². The molecule has 8 nitrogen and oxygen atoms in total. The van der Waals surface area contributed by atoms with Gasteiger partial charge in [-0.25, -0.2) is 15.0 Å². The van der Waals surface area contributed by atoms with Gasteiger partial charge in [-0.2, -0.15) is 0 Å². The van der Waals surface area contributed by atoms with Crippen molar-refractivity contribution in [3.05, 3.63) is 58.9 Å². The topological polar surface area (TPSA) is 106 Å². The minimum absolute atomic E-state index is 0.320. The third kappa shape index (κ3) is 4.57. The Morgan fingerprint density at radius 2 is 1.96 bits per heavy atom. The number of carbonyl (C=O) groups is 1. The number of amides is 1. The van der Waals surface area contributed by atoms with Gasteiger partial charge in [-0.1, -0.05) is 16.9 Å². The van der Waals surface area contributed by atoms with Gasteiger partial charge in [0.1, 0.15) is 10.8 Å². The summed E-state index contributed by atoms with van der Waals surface area (Å²) in [4.78, 5) is 25.2. The normalized spacial score (nSPS) is 10.6. The molecule has 3 aromatic rings. The minimum atomic E-state index is -0.320. The third-order valence-electron chi connectivity index (χ3n) is 3.32. The lowest BCUT2D eigenvalue weighted by molar-refractivity contribution is 0.0958. The Kier molecular flexibility index (Phi) is 5.47. The van der Waals surface area contributed by atoms with Gasteiger partial charge in [-0.3, -0.25) is 15.6 Å². The van der Waals surface area contributed by atoms with Crippen molar-refractivity contribution in [2.45, 2.75) is 31.6 Å². The number of hydrogen-bond acceptors (Lipinski definition) is 8. The van der Waals surface area contributed by atoms with Gasteiger partial charge in [-0.15, -0.1) is 0 Å². The highest BCUT2D eigenvalue weighted by Gasteiger charge is 2.14. The van der Waals surface area contributed by atoms with Crippen LogP contribution < -0.4 is 10.9 Å². The monoisotopic (exact) mass is 370 g/mol. The van der Waals surface area contributed by atoms with Crippen molar-refractivity contribution in [1.82, 2.24) is 25.5 Å². The van der Waals surface area contributed by atoms with Crippen LogP contribution in [0.5, 0.6) is 0 Å². The van der Waals surface area contributed by atoms with Crippen molar-refractivity contribution in [2.24, 2.45) is 0 Å². The summed E-state index contributed by atoms with van der Waals surface area (Å²) in [5.74, 6) is 1.33. The molecule has 0 fully saturated rings. The Balaban J connectivity index is 1.67. The largest absolute Gasteiger partial charge is 0.361 e. The number of aromatic nitrogens is 4. The number of carbonyl (C=O) groups excluding carboxylic acids is 1. The van der Waals surface area contributed by atoms with Crippen LogP contribution >= 0.6 is 11.8 Å². The summed E-state index contributed by atoms with van der Waals surface area (Å²) in [5.41, 5.74) is 8.23. The average Bonchev–Trinajstić information content (AvgIpc) is 3.03. The van der Waals surface area contributed by atoms with Gasteiger partial charge in [-0.05, 0) is 39.0 Å². The van der Waals surface area contributed by atoms with E-state index in [1.165, 1.54) is 11.8 Å². The SMILES string of the molecule is Cc1cc(C)nc(NNC(=O)c2cccnc2SCc2cc(C)on2)n1. The molecular formula is C17H18N6O2S. The van der Waals surface area contributed by atoms with E-state index in [4.69, 9.17) is 4.52 Å². The van der Waals surface area contributed by atoms with Crippen LogP contribution in [0.2, 0.25) is 0 Å². The zero-order chi connectivity index (χ0) is 18.5. The average molecular weight is 370 g/mol. The second kappa shape index (κ2) is 7.96. The van der Waals surface area contributed by atoms with Crippen LogP contribution in [0, 0.1) is 20.8 Å². The fourth-order valence-electron chi connectivity index (χ4n) is 2.27. The number of thioether (sulfide) groups is 1. The number of hydrogen-bond donors (Lipinski definition) is 2. The predicted octanol–water partition coefficient (Wildman–Crippen LogP) is 2.83. The molecule has 0 spiro atoms. The van der Waals surface area contributed by atoms with E-state index in [2.05, 4.69) is 31.0 Å². The molecule has 3 heterocycles. The highest BCUT2D eigenvalue weighted by atomic mass is 32.2. The lowest BCUT2D eigenvalue weighted by atomic mass is 10.3. The summed E-state index contributed by atoms with van der Waals surface area (Å²) >= 11 is 1.41. The van der Waals surface area contributed by atoms with Crippen LogP contribution in [-0.2, 0) is 5.75 Å². The van der Waals surface area contributed by atoms with E-state index < -0.39 is 0 Å². The summed E-state index contributed by atoms with van der Waals surface area (Å²) in [5, 5.41) is 4.55. The molecule has 9 heteroatoms. The predicted molar refractivity (Wildman–Crippen MR) is 97.6 cm³/mol. The third-order valence-corrected chi connectivity index (χ3v) is 4.36. The van der Waals surface area contributed by atoms with E-state index in [9.17, 15) is 4.79 Å². The molecule has 0 atom stereocenters. The Labute approximate surface area is 154 Å². The molecule has 0 unspecified atom stereocenters. The van der Waals surface area contributed by atoms with Gasteiger partial charge < -0.3 is 4.52 Å². The Hall–Kier alpha value is -2.94. The molecule has 3 rings (SSSR count). The summed E-state index contributed by atoms with van der Waals surface area (Å²) in [6.45, 7) is 5.56. The van der Waals surface area contributed by atoms with Crippen LogP contribution in [0.3, 0.4) is 0 Å². The first-order chi connectivity index (χ1) is 12.5. The second-order valence-corrected chi connectivity index (χ2v) is 6.59. The summed E-state index contributed by atoms with van der Waals surface area (Å²) in [6, 6.07) is 7.14. The molecule has 0 aliphatic rings. The molecule has 3 aromatic heterocycles. The van der Waals surface area contributed by atoms with Crippen LogP contribution in [-0.4, -0.2) is 26.0 Å². The standard InChI is InChI=1S/C17H18N6O2S/c1-10-7-11(2)20-17(19-10)22-21-15(24)14-5-4-6-18-16(14)26-9-13-8-12(3)25-23-13/h4-8H,9H2,1-3H3,(H,21,24)(H,19,20,22). The molecule has 0 radical (unpaired) electrons. The summed E-state index contributed by atoms with van der Waals surface area (Å²) in [7, 11) is 0. The maximum atomic E-state index is 12.5. The van der Waals surface area contributed by atoms with Gasteiger partial charge >= 0.3 is 0 Å². The molecule has 134 valence electrons. The van der Waals surface area contributed by atoms with Crippen LogP contribution in [0.25, 0.3) is 0 Å². The van der Waals surface area contributed by atoms with E-state index in [1.807, 2.05) is 32.9 Å². The van der Waals surface area contributed by atoms with Crippen molar-refractivity contribution in [2.75, 3.05) is 5.43 Å². The molecule has 0 saturated carbocycles. The van der Waals surface area contributed by atoms with Crippen LogP contribution in [0.15, 0.2) is 40.0 Å². The van der Waals surface area contributed by atoms with Crippen LogP contribution in [0.4, 0.5) is 5.95 Å². The van der Waals surface area contributed by atoms with Crippen molar-refractivity contribution < 1.29 is 9.32 Å². The first kappa shape index (κ1) is 17.9. The fourth-order valence-corrected chi connectivity index (χ4v) is 3.14. The van der Waals surface area contributed by atoms with E-state index in [1.54, 1.807) is 18.3 Å². The highest BCUT2D eigenvalue weighted by molar-refractivity contribution is 7.98. The summed E-state index contributed by atoms with van der Waals surface area (Å²) < 4.78 is 5.05. The van der Waals surface area contributed by atoms with Gasteiger partial charge in [0.15, 0.2) is 0 Å². The van der Waals surface area contributed by atoms with Gasteiger partial charge in [0.25, 0.3) is 5.91 Å². The number of anilines is 1. The first-order valence-corrected chi connectivity index (χ1v) is 8.88. The number of pyridine rings is 1. The second-order valence-electron chi connectivity index (χ2n) is 5.63. The van der Waals surface area contributed by atoms with Gasteiger partial charge in [0.05, 0.1) is 11.3 Å². The van der Waals surface area contributed by atoms with E-state index in [0.29, 0.717) is 22.3 Å². The number of rotatable bonds is 6. The van der Waals surface area contributed by atoms with Crippen LogP contribution in [0.1, 0.15) is 33.2 Å². The Morgan fingerprint density at radius 3 is 2.65 bits per heavy atom. The van der Waals surface area contributed by atoms with Gasteiger partial charge in [0.2, 0.25) is 5.95 Å². The molecule has 2 N–H and O–H groups in total. The molecule has 0 aromatic carbocycles. The van der Waals surface area contributed by atoms with Crippen molar-refractivity contribution in [3.63, 3.8) is 0 Å². The zero-order valence-electron chi connectivity index (χ0n) is 14.6. The molecular weight excluding hydrogens is 352 g/mol. The minimum Gasteiger partial charge on any atom is -0.361 e. The molecule has 0 aliphatic carbocycles. The first-order valence-electron chi connectivity index (χ1n) is 7.90. The maximum absolute atomic E-state index is 12.5. The fraction of sp³-hybridized carbons (Fsp3) is 0.235. The molecule has 0 aliphatic heterocycles. The van der Waals surface area contributed by atoms with Crippen molar-refractivity contribution in [1.29, 1.82) is 0 Å². The number of nitrogens with zero attached hydrogens (tertiary/aromatic N) is 4. The lowest BCUT2D eigenvalue weighted by Crippen LogP contribution is -2.31. The number of aryl methyl sites for hydroxylation is 3. The van der Waals surface area contributed by atoms with E-state index >= 15 is 0 Å². The maximum Gasteiger partial charge on any atom is 0.272 e. The van der Waals surface area contributed by atoms with Crippen molar-refractivity contribution >= 4 is 23.6 Å². The lowest BCUT2D eigenvalue weighted by Gasteiger charge is -2.10. The highest BCUT2D eigenvalue weighted by Crippen LogP contribution is 2.24. The molecule has 26 heavy (non-hydrogen) atoms. The Bertz CT molecular complexity index is 907. The van der Waals surface area contributed by atoms with E-state index in [-0.39, 0.29) is 5.91 Å². The number of nitrogens with one attached hydrogen (secondary N) is 2. The number of hydrazine groups is 1. The summed E-state index contributed by atoms with van der Waals surface area (Å²) in [6.07, 6.45) is 1.65. The van der Waals surface area contributed by atoms with E-state index in [0.717, 1.165) is 22.8 Å². The zero-order valence-corrected chi connectivity index (χ0v) is 15.4. The van der Waals surface area contributed by atoms with Gasteiger partial charge in [0, 0.05) is 29.4 Å². The Morgan fingerprint density at radius 1 is 1.19 bits per heavy atom. The molecule has 0 saturated heterocycles.